The third kappa shape index (κ3) is 9.31. The molecule has 260 valence electrons. The Morgan fingerprint density at radius 3 is 2.04 bits per heavy atom. The fourth-order valence-corrected chi connectivity index (χ4v) is 8.22. The predicted octanol–water partition coefficient (Wildman–Crippen LogP) is 5.42. The number of benzene rings is 3. The predicted molar refractivity (Wildman–Crippen MR) is 192 cm³/mol. The number of nitrogens with two attached hydrogens (primary N) is 2. The molecule has 2 atom stereocenters. The van der Waals surface area contributed by atoms with Crippen molar-refractivity contribution in [3.05, 3.63) is 100 Å². The van der Waals surface area contributed by atoms with Gasteiger partial charge in [0.2, 0.25) is 21.8 Å². The number of piperidine rings is 1. The van der Waals surface area contributed by atoms with E-state index in [1.165, 1.54) is 0 Å². The molecule has 4 rings (SSSR count). The van der Waals surface area contributed by atoms with E-state index in [2.05, 4.69) is 23.9 Å². The van der Waals surface area contributed by atoms with Crippen LogP contribution in [0.2, 0.25) is 0 Å². The van der Waals surface area contributed by atoms with Gasteiger partial charge in [-0.1, -0.05) is 108 Å². The first-order valence-corrected chi connectivity index (χ1v) is 18.6. The van der Waals surface area contributed by atoms with Gasteiger partial charge in [0.1, 0.15) is 6.04 Å². The Balaban J connectivity index is 1.67. The second kappa shape index (κ2) is 16.2. The van der Waals surface area contributed by atoms with Gasteiger partial charge in [-0.05, 0) is 70.4 Å². The maximum atomic E-state index is 14.5. The Labute approximate surface area is 286 Å². The molecular weight excluding hydrogens is 623 g/mol. The van der Waals surface area contributed by atoms with Crippen LogP contribution in [0.3, 0.4) is 0 Å². The minimum Gasteiger partial charge on any atom is -0.352 e. The Kier molecular flexibility index (Phi) is 12.6. The molecule has 1 heterocycles. The van der Waals surface area contributed by atoms with Gasteiger partial charge in [-0.15, -0.1) is 0 Å². The SMILES string of the molecule is CC(C)c1cc(C(C)C)c(S(=O)(=O)NC(Cc2cccc(C(N)N)c2)C(=O)N2CCCC(C(=O)NCc3ccccc3)C2)c(C(C)C)c1. The van der Waals surface area contributed by atoms with Gasteiger partial charge in [0.05, 0.1) is 17.0 Å². The summed E-state index contributed by atoms with van der Waals surface area (Å²) in [5.74, 6) is -0.795. The van der Waals surface area contributed by atoms with E-state index in [1.54, 1.807) is 17.0 Å². The number of carbonyl (C=O) groups excluding carboxylic acids is 2. The van der Waals surface area contributed by atoms with Crippen molar-refractivity contribution in [2.45, 2.75) is 102 Å². The van der Waals surface area contributed by atoms with E-state index in [-0.39, 0.29) is 47.4 Å². The van der Waals surface area contributed by atoms with E-state index in [0.29, 0.717) is 31.5 Å². The number of sulfonamides is 1. The molecule has 3 aromatic rings. The standard InChI is InChI=1S/C38H53N5O4S/c1-24(2)31-20-32(25(3)4)35(33(21-31)26(5)6)48(46,47)42-34(19-28-14-10-15-29(18-28)36(39)40)38(45)43-17-11-16-30(23-43)37(44)41-22-27-12-8-7-9-13-27/h7-10,12-15,18,20-21,24-26,30,34,36,42H,11,16-17,19,22-23,39-40H2,1-6H3,(H,41,44). The fourth-order valence-electron chi connectivity index (χ4n) is 6.33. The fraction of sp³-hybridized carbons (Fsp3) is 0.474. The third-order valence-electron chi connectivity index (χ3n) is 9.13. The topological polar surface area (TPSA) is 148 Å². The summed E-state index contributed by atoms with van der Waals surface area (Å²) in [5, 5.41) is 3.01. The lowest BCUT2D eigenvalue weighted by atomic mass is 9.89. The molecule has 0 spiro atoms. The summed E-state index contributed by atoms with van der Waals surface area (Å²) < 4.78 is 31.9. The van der Waals surface area contributed by atoms with Crippen molar-refractivity contribution in [2.24, 2.45) is 17.4 Å². The molecule has 0 saturated carbocycles. The number of hydrogen-bond donors (Lipinski definition) is 4. The highest BCUT2D eigenvalue weighted by atomic mass is 32.2. The average Bonchev–Trinajstić information content (AvgIpc) is 3.06. The van der Waals surface area contributed by atoms with Crippen LogP contribution in [0.4, 0.5) is 0 Å². The lowest BCUT2D eigenvalue weighted by molar-refractivity contribution is -0.137. The first-order chi connectivity index (χ1) is 22.7. The number of rotatable bonds is 13. The molecule has 1 aliphatic rings. The van der Waals surface area contributed by atoms with Crippen molar-refractivity contribution in [1.82, 2.24) is 14.9 Å². The summed E-state index contributed by atoms with van der Waals surface area (Å²) in [7, 11) is -4.18. The zero-order chi connectivity index (χ0) is 35.2. The van der Waals surface area contributed by atoms with Gasteiger partial charge in [-0.2, -0.15) is 4.72 Å². The Morgan fingerprint density at radius 2 is 1.46 bits per heavy atom. The maximum Gasteiger partial charge on any atom is 0.241 e. The summed E-state index contributed by atoms with van der Waals surface area (Å²) >= 11 is 0. The van der Waals surface area contributed by atoms with Gasteiger partial charge in [-0.25, -0.2) is 8.42 Å². The minimum absolute atomic E-state index is 0.0677. The summed E-state index contributed by atoms with van der Waals surface area (Å²) in [4.78, 5) is 29.5. The zero-order valence-corrected chi connectivity index (χ0v) is 30.0. The molecule has 6 N–H and O–H groups in total. The Morgan fingerprint density at radius 1 is 0.833 bits per heavy atom. The third-order valence-corrected chi connectivity index (χ3v) is 10.7. The van der Waals surface area contributed by atoms with Crippen LogP contribution in [0.5, 0.6) is 0 Å². The van der Waals surface area contributed by atoms with Crippen molar-refractivity contribution < 1.29 is 18.0 Å². The van der Waals surface area contributed by atoms with Crippen LogP contribution in [0.15, 0.2) is 71.6 Å². The van der Waals surface area contributed by atoms with Crippen LogP contribution in [0, 0.1) is 5.92 Å². The molecule has 9 nitrogen and oxygen atoms in total. The molecule has 0 bridgehead atoms. The maximum absolute atomic E-state index is 14.5. The van der Waals surface area contributed by atoms with E-state index < -0.39 is 28.1 Å². The largest absolute Gasteiger partial charge is 0.352 e. The van der Waals surface area contributed by atoms with Gasteiger partial charge < -0.3 is 21.7 Å². The highest BCUT2D eigenvalue weighted by Crippen LogP contribution is 2.35. The van der Waals surface area contributed by atoms with E-state index in [0.717, 1.165) is 27.8 Å². The van der Waals surface area contributed by atoms with Gasteiger partial charge >= 0.3 is 0 Å². The molecule has 2 unspecified atom stereocenters. The summed E-state index contributed by atoms with van der Waals surface area (Å²) in [6, 6.07) is 19.8. The number of nitrogens with zero attached hydrogens (tertiary/aromatic N) is 1. The van der Waals surface area contributed by atoms with Gasteiger partial charge in [0, 0.05) is 19.6 Å². The van der Waals surface area contributed by atoms with Crippen molar-refractivity contribution in [3.8, 4) is 0 Å². The van der Waals surface area contributed by atoms with E-state index in [4.69, 9.17) is 11.5 Å². The van der Waals surface area contributed by atoms with Crippen LogP contribution < -0.4 is 21.5 Å². The number of hydrogen-bond acceptors (Lipinski definition) is 6. The van der Waals surface area contributed by atoms with Crippen LogP contribution in [0.25, 0.3) is 0 Å². The van der Waals surface area contributed by atoms with Gasteiger partial charge in [0.15, 0.2) is 0 Å². The highest BCUT2D eigenvalue weighted by molar-refractivity contribution is 7.89. The highest BCUT2D eigenvalue weighted by Gasteiger charge is 2.36. The molecule has 1 saturated heterocycles. The summed E-state index contributed by atoms with van der Waals surface area (Å²) in [5.41, 5.74) is 16.8. The lowest BCUT2D eigenvalue weighted by Gasteiger charge is -2.35. The van der Waals surface area contributed by atoms with Crippen LogP contribution >= 0.6 is 0 Å². The lowest BCUT2D eigenvalue weighted by Crippen LogP contribution is -2.53. The molecule has 1 fully saturated rings. The molecule has 10 heteroatoms. The molecule has 0 radical (unpaired) electrons. The zero-order valence-electron chi connectivity index (χ0n) is 29.2. The molecular formula is C38H53N5O4S. The van der Waals surface area contributed by atoms with Crippen molar-refractivity contribution in [3.63, 3.8) is 0 Å². The molecule has 2 amide bonds. The minimum atomic E-state index is -4.18. The Hall–Kier alpha value is -3.57. The molecule has 1 aliphatic heterocycles. The van der Waals surface area contributed by atoms with E-state index >= 15 is 0 Å². The van der Waals surface area contributed by atoms with Crippen molar-refractivity contribution in [2.75, 3.05) is 13.1 Å². The van der Waals surface area contributed by atoms with Crippen molar-refractivity contribution in [1.29, 1.82) is 0 Å². The normalized spacial score (nSPS) is 16.2. The second-order valence-corrected chi connectivity index (χ2v) is 15.6. The number of likely N-dealkylation sites (tertiary alicyclic amines) is 1. The van der Waals surface area contributed by atoms with Gasteiger partial charge in [0.25, 0.3) is 0 Å². The monoisotopic (exact) mass is 675 g/mol. The molecule has 3 aromatic carbocycles. The summed E-state index contributed by atoms with van der Waals surface area (Å²) in [6.07, 6.45) is 0.667. The van der Waals surface area contributed by atoms with Crippen LogP contribution in [-0.4, -0.2) is 44.3 Å². The number of nitrogens with one attached hydrogen (secondary N) is 2. The van der Waals surface area contributed by atoms with Crippen LogP contribution in [0.1, 0.15) is 112 Å². The van der Waals surface area contributed by atoms with Gasteiger partial charge in [-0.3, -0.25) is 9.59 Å². The summed E-state index contributed by atoms with van der Waals surface area (Å²) in [6.45, 7) is 13.2. The number of amides is 2. The first-order valence-electron chi connectivity index (χ1n) is 17.1. The average molecular weight is 676 g/mol. The smallest absolute Gasteiger partial charge is 0.241 e. The van der Waals surface area contributed by atoms with E-state index in [1.807, 2.05) is 82.3 Å². The molecule has 0 aliphatic carbocycles. The van der Waals surface area contributed by atoms with Crippen molar-refractivity contribution >= 4 is 21.8 Å². The Bertz CT molecular complexity index is 1640. The quantitative estimate of drug-likeness (QED) is 0.178. The first kappa shape index (κ1) is 37.3. The van der Waals surface area contributed by atoms with E-state index in [9.17, 15) is 18.0 Å². The second-order valence-electron chi connectivity index (χ2n) is 14.0. The molecule has 48 heavy (non-hydrogen) atoms. The van der Waals surface area contributed by atoms with Crippen LogP contribution in [-0.2, 0) is 32.6 Å². The number of carbonyl (C=O) groups is 2. The molecule has 0 aromatic heterocycles.